The minimum atomic E-state index is -3.34. The summed E-state index contributed by atoms with van der Waals surface area (Å²) >= 11 is 0. The second kappa shape index (κ2) is 9.78. The Balaban J connectivity index is 1.96. The Labute approximate surface area is 187 Å². The Bertz CT molecular complexity index is 1090. The van der Waals surface area contributed by atoms with Crippen LogP contribution >= 0.6 is 0 Å². The average Bonchev–Trinajstić information content (AvgIpc) is 2.67. The molecule has 3 rings (SSSR count). The van der Waals surface area contributed by atoms with Crippen molar-refractivity contribution in [1.29, 1.82) is 0 Å². The van der Waals surface area contributed by atoms with Crippen molar-refractivity contribution in [3.8, 4) is 11.4 Å². The number of anilines is 2. The Morgan fingerprint density at radius 3 is 2.69 bits per heavy atom. The second-order valence-electron chi connectivity index (χ2n) is 8.18. The number of carbonyl (C=O) groups excluding carboxylic acids is 1. The third kappa shape index (κ3) is 6.36. The zero-order valence-electron chi connectivity index (χ0n) is 18.6. The summed E-state index contributed by atoms with van der Waals surface area (Å²) in [7, 11) is -3.34. The van der Waals surface area contributed by atoms with E-state index in [-0.39, 0.29) is 29.3 Å². The quantitative estimate of drug-likeness (QED) is 0.674. The van der Waals surface area contributed by atoms with Crippen molar-refractivity contribution in [2.45, 2.75) is 38.6 Å². The van der Waals surface area contributed by atoms with Gasteiger partial charge in [0.1, 0.15) is 11.6 Å². The van der Waals surface area contributed by atoms with Gasteiger partial charge in [0.05, 0.1) is 36.4 Å². The lowest BCUT2D eigenvalue weighted by molar-refractivity contribution is 0.0985. The molecule has 2 heterocycles. The number of ether oxygens (including phenoxy) is 1. The summed E-state index contributed by atoms with van der Waals surface area (Å²) in [4.78, 5) is 22.8. The lowest BCUT2D eigenvalue weighted by atomic mass is 10.1. The summed E-state index contributed by atoms with van der Waals surface area (Å²) in [6.45, 7) is 7.23. The van der Waals surface area contributed by atoms with Crippen LogP contribution in [0, 0.1) is 5.82 Å². The Morgan fingerprint density at radius 1 is 1.31 bits per heavy atom. The zero-order chi connectivity index (χ0) is 23.5. The predicted octanol–water partition coefficient (Wildman–Crippen LogP) is 2.58. The first-order valence-electron chi connectivity index (χ1n) is 10.3. The fraction of sp³-hybridized carbons (Fsp3) is 0.476. The highest BCUT2D eigenvalue weighted by Crippen LogP contribution is 2.26. The predicted molar refractivity (Wildman–Crippen MR) is 121 cm³/mol. The molecule has 0 bridgehead atoms. The number of amides is 2. The minimum absolute atomic E-state index is 0.0150. The Morgan fingerprint density at radius 2 is 2.06 bits per heavy atom. The molecule has 0 radical (unpaired) electrons. The van der Waals surface area contributed by atoms with Gasteiger partial charge in [0.2, 0.25) is 0 Å². The molecule has 0 saturated carbocycles. The van der Waals surface area contributed by atoms with Gasteiger partial charge in [-0.3, -0.25) is 0 Å². The average molecular weight is 466 g/mol. The molecule has 1 fully saturated rings. The molecule has 2 amide bonds. The number of aromatic nitrogens is 2. The van der Waals surface area contributed by atoms with Crippen molar-refractivity contribution < 1.29 is 22.3 Å². The van der Waals surface area contributed by atoms with Crippen LogP contribution in [0.25, 0.3) is 11.4 Å². The molecule has 1 saturated heterocycles. The van der Waals surface area contributed by atoms with E-state index in [0.717, 1.165) is 6.26 Å². The summed E-state index contributed by atoms with van der Waals surface area (Å²) in [6.07, 6.45) is 1.13. The van der Waals surface area contributed by atoms with Gasteiger partial charge in [0.25, 0.3) is 0 Å². The molecule has 0 unspecified atom stereocenters. The van der Waals surface area contributed by atoms with Gasteiger partial charge in [0, 0.05) is 30.5 Å². The van der Waals surface area contributed by atoms with E-state index in [0.29, 0.717) is 36.8 Å². The van der Waals surface area contributed by atoms with E-state index in [2.05, 4.69) is 20.6 Å². The maximum absolute atomic E-state index is 14.7. The lowest BCUT2D eigenvalue weighted by Crippen LogP contribution is -2.44. The van der Waals surface area contributed by atoms with Crippen molar-refractivity contribution in [1.82, 2.24) is 15.3 Å². The summed E-state index contributed by atoms with van der Waals surface area (Å²) in [5.41, 5.74) is 0.709. The Hall–Kier alpha value is -2.79. The van der Waals surface area contributed by atoms with Crippen LogP contribution in [0.2, 0.25) is 0 Å². The van der Waals surface area contributed by atoms with Crippen LogP contribution in [-0.2, 0) is 20.3 Å². The van der Waals surface area contributed by atoms with Crippen LogP contribution in [0.4, 0.5) is 20.7 Å². The molecule has 0 spiro atoms. The van der Waals surface area contributed by atoms with Crippen molar-refractivity contribution in [2.75, 3.05) is 36.2 Å². The van der Waals surface area contributed by atoms with Crippen LogP contribution in [-0.4, -0.2) is 62.5 Å². The van der Waals surface area contributed by atoms with Gasteiger partial charge in [-0.05, 0) is 39.0 Å². The topological polar surface area (TPSA) is 114 Å². The summed E-state index contributed by atoms with van der Waals surface area (Å²) in [5.74, 6) is -0.147. The van der Waals surface area contributed by atoms with Crippen molar-refractivity contribution >= 4 is 27.4 Å². The second-order valence-corrected chi connectivity index (χ2v) is 10.3. The van der Waals surface area contributed by atoms with E-state index in [9.17, 15) is 17.6 Å². The molecule has 2 aromatic rings. The highest BCUT2D eigenvalue weighted by Gasteiger charge is 2.23. The molecule has 1 atom stereocenters. The van der Waals surface area contributed by atoms with Gasteiger partial charge >= 0.3 is 6.03 Å². The maximum Gasteiger partial charge on any atom is 0.319 e. The van der Waals surface area contributed by atoms with Crippen molar-refractivity contribution in [2.24, 2.45) is 0 Å². The molecule has 32 heavy (non-hydrogen) atoms. The van der Waals surface area contributed by atoms with Gasteiger partial charge in [-0.1, -0.05) is 0 Å². The summed E-state index contributed by atoms with van der Waals surface area (Å²) in [5, 5.41) is 5.09. The van der Waals surface area contributed by atoms with Gasteiger partial charge in [-0.25, -0.2) is 27.6 Å². The van der Waals surface area contributed by atoms with Gasteiger partial charge < -0.3 is 20.3 Å². The van der Waals surface area contributed by atoms with E-state index in [1.54, 1.807) is 26.0 Å². The van der Waals surface area contributed by atoms with E-state index in [4.69, 9.17) is 4.74 Å². The molecule has 11 heteroatoms. The highest BCUT2D eigenvalue weighted by atomic mass is 32.2. The van der Waals surface area contributed by atoms with Crippen molar-refractivity contribution in [3.05, 3.63) is 35.8 Å². The number of nitrogens with zero attached hydrogens (tertiary/aromatic N) is 3. The van der Waals surface area contributed by atoms with Crippen molar-refractivity contribution in [3.63, 3.8) is 0 Å². The first kappa shape index (κ1) is 23.9. The fourth-order valence-corrected chi connectivity index (χ4v) is 4.03. The number of hydrogen-bond donors (Lipinski definition) is 2. The Kier molecular flexibility index (Phi) is 7.29. The van der Waals surface area contributed by atoms with Crippen LogP contribution in [0.15, 0.2) is 24.3 Å². The molecule has 1 aromatic carbocycles. The molecular weight excluding hydrogens is 437 g/mol. The molecule has 9 nitrogen and oxygen atoms in total. The summed E-state index contributed by atoms with van der Waals surface area (Å²) in [6, 6.07) is 5.31. The number of morpholine rings is 1. The van der Waals surface area contributed by atoms with E-state index < -0.39 is 21.7 Å². The number of halogens is 1. The SMILES string of the molecule is CC(C)NC(=O)Nc1ccc(-c2nc(CS(C)(=O)=O)cc(N3CCOC[C@@H]3C)n2)cc1F. The lowest BCUT2D eigenvalue weighted by Gasteiger charge is -2.34. The maximum atomic E-state index is 14.7. The zero-order valence-corrected chi connectivity index (χ0v) is 19.4. The van der Waals surface area contributed by atoms with E-state index >= 15 is 0 Å². The minimum Gasteiger partial charge on any atom is -0.377 e. The monoisotopic (exact) mass is 465 g/mol. The molecule has 174 valence electrons. The molecular formula is C21H28FN5O4S. The molecule has 2 N–H and O–H groups in total. The number of nitrogens with one attached hydrogen (secondary N) is 2. The van der Waals surface area contributed by atoms with Crippen LogP contribution in [0.3, 0.4) is 0 Å². The number of rotatable bonds is 6. The summed E-state index contributed by atoms with van der Waals surface area (Å²) < 4.78 is 43.9. The van der Waals surface area contributed by atoms with Gasteiger partial charge in [0.15, 0.2) is 15.7 Å². The normalized spacial score (nSPS) is 16.8. The number of sulfone groups is 1. The van der Waals surface area contributed by atoms with Gasteiger partial charge in [-0.15, -0.1) is 0 Å². The smallest absolute Gasteiger partial charge is 0.319 e. The standard InChI is InChI=1S/C21H28FN5O4S/c1-13(2)23-21(28)25-18-6-5-15(9-17(18)22)20-24-16(12-32(4,29)30)10-19(26-20)27-7-8-31-11-14(27)3/h5-6,9-10,13-14H,7-8,11-12H2,1-4H3,(H2,23,25,28)/t14-/m0/s1. The largest absolute Gasteiger partial charge is 0.377 e. The fourth-order valence-electron chi connectivity index (χ4n) is 3.35. The third-order valence-corrected chi connectivity index (χ3v) is 5.55. The van der Waals surface area contributed by atoms with Crippen LogP contribution in [0.5, 0.6) is 0 Å². The number of urea groups is 1. The van der Waals surface area contributed by atoms with Gasteiger partial charge in [-0.2, -0.15) is 0 Å². The van der Waals surface area contributed by atoms with E-state index in [1.807, 2.05) is 11.8 Å². The number of benzene rings is 1. The number of hydrogen-bond acceptors (Lipinski definition) is 7. The van der Waals surface area contributed by atoms with Crippen LogP contribution in [0.1, 0.15) is 26.5 Å². The first-order valence-corrected chi connectivity index (χ1v) is 12.4. The molecule has 0 aliphatic carbocycles. The molecule has 1 aromatic heterocycles. The van der Waals surface area contributed by atoms with Crippen LogP contribution < -0.4 is 15.5 Å². The van der Waals surface area contributed by atoms with E-state index in [1.165, 1.54) is 12.1 Å². The molecule has 1 aliphatic rings. The number of carbonyl (C=O) groups is 1. The first-order chi connectivity index (χ1) is 15.0. The highest BCUT2D eigenvalue weighted by molar-refractivity contribution is 7.89. The third-order valence-electron chi connectivity index (χ3n) is 4.73. The molecule has 1 aliphatic heterocycles.